The summed E-state index contributed by atoms with van der Waals surface area (Å²) in [6.45, 7) is 3.14. The highest BCUT2D eigenvalue weighted by Gasteiger charge is 2.30. The number of nitrogens with one attached hydrogen (secondary N) is 1. The number of hydrogen-bond acceptors (Lipinski definition) is 5. The van der Waals surface area contributed by atoms with Crippen molar-refractivity contribution in [2.45, 2.75) is 11.8 Å². The molecule has 150 valence electrons. The Morgan fingerprint density at radius 1 is 1.18 bits per heavy atom. The van der Waals surface area contributed by atoms with E-state index in [2.05, 4.69) is 21.2 Å². The molecule has 1 aliphatic heterocycles. The SMILES string of the molecule is COc1ccc(C(=O)Nc2ccc(C)cc2Br)cc1S(=O)(=O)N1CCOCC1. The number of carbonyl (C=O) groups is 1. The van der Waals surface area contributed by atoms with E-state index in [1.54, 1.807) is 6.07 Å². The van der Waals surface area contributed by atoms with E-state index >= 15 is 0 Å². The molecule has 0 atom stereocenters. The molecule has 0 saturated carbocycles. The van der Waals surface area contributed by atoms with Crippen molar-refractivity contribution < 1.29 is 22.7 Å². The van der Waals surface area contributed by atoms with Gasteiger partial charge in [0.1, 0.15) is 10.6 Å². The zero-order chi connectivity index (χ0) is 20.3. The Labute approximate surface area is 172 Å². The molecule has 0 unspecified atom stereocenters. The summed E-state index contributed by atoms with van der Waals surface area (Å²) in [5.41, 5.74) is 1.87. The molecule has 0 aliphatic carbocycles. The van der Waals surface area contributed by atoms with Crippen molar-refractivity contribution in [3.63, 3.8) is 0 Å². The van der Waals surface area contributed by atoms with Crippen LogP contribution in [0.1, 0.15) is 15.9 Å². The van der Waals surface area contributed by atoms with Crippen LogP contribution in [0.25, 0.3) is 0 Å². The smallest absolute Gasteiger partial charge is 0.255 e. The Kier molecular flexibility index (Phi) is 6.39. The van der Waals surface area contributed by atoms with Crippen LogP contribution in [0.5, 0.6) is 5.75 Å². The van der Waals surface area contributed by atoms with Gasteiger partial charge in [-0.2, -0.15) is 4.31 Å². The Balaban J connectivity index is 1.92. The highest BCUT2D eigenvalue weighted by molar-refractivity contribution is 9.10. The minimum absolute atomic E-state index is 0.0347. The average molecular weight is 469 g/mol. The first-order chi connectivity index (χ1) is 13.3. The number of amides is 1. The predicted molar refractivity (Wildman–Crippen MR) is 109 cm³/mol. The second kappa shape index (κ2) is 8.60. The van der Waals surface area contributed by atoms with Gasteiger partial charge in [0.2, 0.25) is 10.0 Å². The van der Waals surface area contributed by atoms with Crippen molar-refractivity contribution >= 4 is 37.5 Å². The van der Waals surface area contributed by atoms with Gasteiger partial charge in [0.15, 0.2) is 0 Å². The number of aryl methyl sites for hydroxylation is 1. The molecular weight excluding hydrogens is 448 g/mol. The molecule has 1 N–H and O–H groups in total. The van der Waals surface area contributed by atoms with Crippen LogP contribution in [0.3, 0.4) is 0 Å². The first-order valence-corrected chi connectivity index (χ1v) is 10.9. The number of hydrogen-bond donors (Lipinski definition) is 1. The van der Waals surface area contributed by atoms with Crippen molar-refractivity contribution in [1.29, 1.82) is 0 Å². The first kappa shape index (κ1) is 20.8. The highest BCUT2D eigenvalue weighted by atomic mass is 79.9. The van der Waals surface area contributed by atoms with E-state index in [9.17, 15) is 13.2 Å². The normalized spacial score (nSPS) is 15.2. The van der Waals surface area contributed by atoms with E-state index in [4.69, 9.17) is 9.47 Å². The van der Waals surface area contributed by atoms with Crippen molar-refractivity contribution in [3.05, 3.63) is 52.0 Å². The number of halogens is 1. The number of nitrogens with zero attached hydrogens (tertiary/aromatic N) is 1. The van der Waals surface area contributed by atoms with Crippen LogP contribution < -0.4 is 10.1 Å². The second-order valence-corrected chi connectivity index (χ2v) is 9.08. The molecule has 9 heteroatoms. The molecule has 1 saturated heterocycles. The Bertz CT molecular complexity index is 988. The lowest BCUT2D eigenvalue weighted by Gasteiger charge is -2.26. The molecule has 1 heterocycles. The molecule has 7 nitrogen and oxygen atoms in total. The first-order valence-electron chi connectivity index (χ1n) is 8.66. The summed E-state index contributed by atoms with van der Waals surface area (Å²) in [6, 6.07) is 9.93. The van der Waals surface area contributed by atoms with E-state index < -0.39 is 15.9 Å². The molecule has 28 heavy (non-hydrogen) atoms. The van der Waals surface area contributed by atoms with Crippen LogP contribution in [-0.2, 0) is 14.8 Å². The van der Waals surface area contributed by atoms with Crippen LogP contribution >= 0.6 is 15.9 Å². The lowest BCUT2D eigenvalue weighted by molar-refractivity contribution is 0.0729. The molecule has 1 amide bonds. The van der Waals surface area contributed by atoms with Gasteiger partial charge in [-0.15, -0.1) is 0 Å². The Morgan fingerprint density at radius 3 is 2.54 bits per heavy atom. The topological polar surface area (TPSA) is 84.9 Å². The predicted octanol–water partition coefficient (Wildman–Crippen LogP) is 3.04. The number of benzene rings is 2. The summed E-state index contributed by atoms with van der Waals surface area (Å²) in [6.07, 6.45) is 0. The monoisotopic (exact) mass is 468 g/mol. The second-order valence-electron chi connectivity index (χ2n) is 6.32. The lowest BCUT2D eigenvalue weighted by Crippen LogP contribution is -2.40. The summed E-state index contributed by atoms with van der Waals surface area (Å²) >= 11 is 3.42. The number of rotatable bonds is 5. The van der Waals surface area contributed by atoms with Crippen LogP contribution in [0.4, 0.5) is 5.69 Å². The average Bonchev–Trinajstić information content (AvgIpc) is 2.70. The Morgan fingerprint density at radius 2 is 1.89 bits per heavy atom. The fourth-order valence-electron chi connectivity index (χ4n) is 2.86. The number of methoxy groups -OCH3 is 1. The zero-order valence-electron chi connectivity index (χ0n) is 15.6. The molecular formula is C19H21BrN2O5S. The molecule has 1 fully saturated rings. The highest BCUT2D eigenvalue weighted by Crippen LogP contribution is 2.29. The molecule has 1 aliphatic rings. The van der Waals surface area contributed by atoms with Crippen molar-refractivity contribution in [3.8, 4) is 5.75 Å². The van der Waals surface area contributed by atoms with Crippen LogP contribution in [0.15, 0.2) is 45.8 Å². The standard InChI is InChI=1S/C19H21BrN2O5S/c1-13-3-5-16(15(20)11-13)21-19(23)14-4-6-17(26-2)18(12-14)28(24,25)22-7-9-27-10-8-22/h3-6,11-12H,7-10H2,1-2H3,(H,21,23). The maximum Gasteiger partial charge on any atom is 0.255 e. The molecule has 0 radical (unpaired) electrons. The van der Waals surface area contributed by atoms with Gasteiger partial charge in [-0.25, -0.2) is 8.42 Å². The van der Waals surface area contributed by atoms with E-state index in [1.165, 1.54) is 29.6 Å². The van der Waals surface area contributed by atoms with Gasteiger partial charge in [0.05, 0.1) is 26.0 Å². The maximum absolute atomic E-state index is 13.0. The summed E-state index contributed by atoms with van der Waals surface area (Å²) in [5, 5.41) is 2.79. The van der Waals surface area contributed by atoms with Gasteiger partial charge in [0.25, 0.3) is 5.91 Å². The Hall–Kier alpha value is -1.94. The van der Waals surface area contributed by atoms with Gasteiger partial charge < -0.3 is 14.8 Å². The minimum Gasteiger partial charge on any atom is -0.495 e. The van der Waals surface area contributed by atoms with Gasteiger partial charge >= 0.3 is 0 Å². The molecule has 2 aromatic rings. The summed E-state index contributed by atoms with van der Waals surface area (Å²) in [5.74, 6) is -0.217. The number of anilines is 1. The summed E-state index contributed by atoms with van der Waals surface area (Å²) in [4.78, 5) is 12.7. The molecule has 0 bridgehead atoms. The number of morpholine rings is 1. The van der Waals surface area contributed by atoms with Crippen LogP contribution in [0, 0.1) is 6.92 Å². The summed E-state index contributed by atoms with van der Waals surface area (Å²) < 4.78 is 38.6. The number of ether oxygens (including phenoxy) is 2. The van der Waals surface area contributed by atoms with Crippen molar-refractivity contribution in [2.24, 2.45) is 0 Å². The van der Waals surface area contributed by atoms with Crippen LogP contribution in [0.2, 0.25) is 0 Å². The van der Waals surface area contributed by atoms with Crippen molar-refractivity contribution in [1.82, 2.24) is 4.31 Å². The third-order valence-electron chi connectivity index (χ3n) is 4.39. The quantitative estimate of drug-likeness (QED) is 0.728. The third kappa shape index (κ3) is 4.38. The minimum atomic E-state index is -3.81. The van der Waals surface area contributed by atoms with E-state index in [0.717, 1.165) is 10.0 Å². The largest absolute Gasteiger partial charge is 0.495 e. The van der Waals surface area contributed by atoms with E-state index in [-0.39, 0.29) is 29.3 Å². The molecule has 3 rings (SSSR count). The van der Waals surface area contributed by atoms with E-state index in [0.29, 0.717) is 18.9 Å². The third-order valence-corrected chi connectivity index (χ3v) is 6.96. The maximum atomic E-state index is 13.0. The van der Waals surface area contributed by atoms with Gasteiger partial charge in [0, 0.05) is 23.1 Å². The van der Waals surface area contributed by atoms with Crippen molar-refractivity contribution in [2.75, 3.05) is 38.7 Å². The lowest BCUT2D eigenvalue weighted by atomic mass is 10.2. The molecule has 0 aromatic heterocycles. The van der Waals surface area contributed by atoms with Crippen LogP contribution in [-0.4, -0.2) is 52.0 Å². The number of carbonyl (C=O) groups excluding carboxylic acids is 1. The van der Waals surface area contributed by atoms with Gasteiger partial charge in [-0.3, -0.25) is 4.79 Å². The zero-order valence-corrected chi connectivity index (χ0v) is 18.0. The number of sulfonamides is 1. The fourth-order valence-corrected chi connectivity index (χ4v) is 5.04. The molecule has 2 aromatic carbocycles. The summed E-state index contributed by atoms with van der Waals surface area (Å²) in [7, 11) is -2.41. The van der Waals surface area contributed by atoms with E-state index in [1.807, 2.05) is 19.1 Å². The fraction of sp³-hybridized carbons (Fsp3) is 0.316. The van der Waals surface area contributed by atoms with Gasteiger partial charge in [-0.1, -0.05) is 6.07 Å². The van der Waals surface area contributed by atoms with Gasteiger partial charge in [-0.05, 0) is 58.7 Å². The molecule has 0 spiro atoms.